The Labute approximate surface area is 398 Å². The van der Waals surface area contributed by atoms with Gasteiger partial charge in [-0.05, 0) is 84.3 Å². The molecule has 0 spiro atoms. The van der Waals surface area contributed by atoms with Crippen molar-refractivity contribution in [2.75, 3.05) is 25.0 Å². The van der Waals surface area contributed by atoms with Gasteiger partial charge < -0.3 is 0 Å². The van der Waals surface area contributed by atoms with Crippen molar-refractivity contribution in [2.24, 2.45) is 0 Å². The van der Waals surface area contributed by atoms with Crippen molar-refractivity contribution in [3.63, 3.8) is 0 Å². The number of nitriles is 3. The summed E-state index contributed by atoms with van der Waals surface area (Å²) in [5, 5.41) is 42.2. The van der Waals surface area contributed by atoms with Crippen molar-refractivity contribution in [1.82, 2.24) is 29.8 Å². The van der Waals surface area contributed by atoms with E-state index in [0.717, 1.165) is 70.0 Å². The Morgan fingerprint density at radius 1 is 0.662 bits per heavy atom. The van der Waals surface area contributed by atoms with Crippen molar-refractivity contribution >= 4 is 71.5 Å². The highest BCUT2D eigenvalue weighted by Gasteiger charge is 2.37. The van der Waals surface area contributed by atoms with Crippen LogP contribution in [-0.4, -0.2) is 88.5 Å². The standard InChI is InChI=1S/C10H10FNO2S.C9H8FNO2S.C8H6FN.C7H7N3O2S.C6H5N3.CH3ClO2S.2CH4/c1-10(7-12,15(2,13)14)8-3-5-9(11)6-4-8;1-14(12,13)9(6-11)7-2-4-8(10)5-3-7;9-8-3-1-7(2-4-8)5-6-10;1-13(11,12)10-7-5-3-2-4-6(7)8-9-10;1-2-4-6-5(3-1)7-9-8-6;1-5(2,3)4;;/h3-6H,1-2H3;2-5,9H,1H3;1-4H,5H2;2-5H,1H3;1-4H,(H,7,8,9);1H3;2*1H4. The molecule has 7 rings (SSSR count). The fourth-order valence-electron chi connectivity index (χ4n) is 4.76. The third-order valence-electron chi connectivity index (χ3n) is 8.12. The van der Waals surface area contributed by atoms with E-state index in [9.17, 15) is 46.8 Å². The smallest absolute Gasteiger partial charge is 0.227 e. The Morgan fingerprint density at radius 2 is 1.07 bits per heavy atom. The number of hydrogen-bond donors (Lipinski definition) is 1. The van der Waals surface area contributed by atoms with Crippen LogP contribution in [0.25, 0.3) is 22.1 Å². The van der Waals surface area contributed by atoms with Crippen LogP contribution in [-0.2, 0) is 49.9 Å². The summed E-state index contributed by atoms with van der Waals surface area (Å²) in [5.74, 6) is -1.19. The molecule has 0 aliphatic rings. The number of hydrogen-bond acceptors (Lipinski definition) is 15. The average Bonchev–Trinajstić information content (AvgIpc) is 3.91. The Balaban J connectivity index is 0.000000805. The zero-order valence-corrected chi connectivity index (χ0v) is 39.3. The van der Waals surface area contributed by atoms with Gasteiger partial charge in [-0.2, -0.15) is 31.2 Å². The first-order valence-electron chi connectivity index (χ1n) is 18.1. The Morgan fingerprint density at radius 3 is 1.46 bits per heavy atom. The number of H-pyrrole nitrogens is 1. The first-order chi connectivity index (χ1) is 30.6. The third kappa shape index (κ3) is 20.4. The van der Waals surface area contributed by atoms with Crippen molar-refractivity contribution in [3.8, 4) is 18.2 Å². The van der Waals surface area contributed by atoms with Crippen molar-refractivity contribution < 1.29 is 46.8 Å². The third-order valence-corrected chi connectivity index (χ3v) is 12.1. The molecule has 2 aromatic heterocycles. The van der Waals surface area contributed by atoms with E-state index in [1.807, 2.05) is 30.3 Å². The molecule has 0 radical (unpaired) electrons. The van der Waals surface area contributed by atoms with Crippen LogP contribution < -0.4 is 0 Å². The summed E-state index contributed by atoms with van der Waals surface area (Å²) >= 11 is 0. The second-order valence-electron chi connectivity index (χ2n) is 13.5. The van der Waals surface area contributed by atoms with E-state index in [-0.39, 0.29) is 31.8 Å². The SMILES string of the molecule is C.C.CC(C#N)(c1ccc(F)cc1)S(C)(=O)=O.CS(=O)(=O)C(C#N)c1ccc(F)cc1.CS(=O)(=O)Cl.CS(=O)(=O)n1nnc2ccccc21.N#CCc1ccc(F)cc1.c1ccc2n[nH]nc2c1. The normalized spacial score (nSPS) is 11.9. The minimum atomic E-state index is -3.56. The van der Waals surface area contributed by atoms with Gasteiger partial charge in [-0.15, -0.1) is 9.19 Å². The van der Waals surface area contributed by atoms with Crippen LogP contribution in [0.1, 0.15) is 43.7 Å². The van der Waals surface area contributed by atoms with Gasteiger partial charge in [-0.1, -0.05) is 80.7 Å². The molecule has 0 amide bonds. The fraction of sp³-hybridized carbons (Fsp3) is 0.233. The average molecular weight is 1040 g/mol. The van der Waals surface area contributed by atoms with Crippen molar-refractivity contribution in [3.05, 3.63) is 155 Å². The Hall–Kier alpha value is -6.75. The number of sulfone groups is 2. The number of fused-ring (bicyclic) bond motifs is 2. The number of nitrogens with zero attached hydrogens (tertiary/aromatic N) is 8. The molecule has 17 nitrogen and oxygen atoms in total. The van der Waals surface area contributed by atoms with Gasteiger partial charge in [0.2, 0.25) is 9.05 Å². The van der Waals surface area contributed by atoms with Crippen LogP contribution in [0.5, 0.6) is 0 Å². The Kier molecular flexibility index (Phi) is 24.5. The molecule has 7 aromatic rings. The lowest BCUT2D eigenvalue weighted by Gasteiger charge is -2.19. The van der Waals surface area contributed by atoms with Gasteiger partial charge >= 0.3 is 0 Å². The molecule has 2 heterocycles. The molecule has 2 unspecified atom stereocenters. The van der Waals surface area contributed by atoms with Crippen LogP contribution in [0.3, 0.4) is 0 Å². The second-order valence-corrected chi connectivity index (χ2v) is 22.8. The van der Waals surface area contributed by atoms with Gasteiger partial charge in [0, 0.05) is 23.2 Å². The van der Waals surface area contributed by atoms with E-state index in [0.29, 0.717) is 17.5 Å². The first-order valence-corrected chi connectivity index (χ1v) is 26.5. The number of aromatic nitrogens is 6. The number of aromatic amines is 1. The molecule has 0 aliphatic heterocycles. The molecule has 0 bridgehead atoms. The first kappa shape index (κ1) is 61.2. The Bertz CT molecular complexity index is 3250. The summed E-state index contributed by atoms with van der Waals surface area (Å²) in [5.41, 5.74) is 4.32. The maximum atomic E-state index is 12.6. The second kappa shape index (κ2) is 27.2. The lowest BCUT2D eigenvalue weighted by Crippen LogP contribution is -2.29. The van der Waals surface area contributed by atoms with E-state index in [4.69, 9.17) is 15.8 Å². The van der Waals surface area contributed by atoms with Gasteiger partial charge in [0.25, 0.3) is 10.0 Å². The van der Waals surface area contributed by atoms with Crippen LogP contribution in [0.2, 0.25) is 0 Å². The maximum Gasteiger partial charge on any atom is 0.252 e. The van der Waals surface area contributed by atoms with Crippen molar-refractivity contribution in [1.29, 1.82) is 15.8 Å². The zero-order valence-electron chi connectivity index (χ0n) is 35.3. The van der Waals surface area contributed by atoms with Crippen LogP contribution in [0, 0.1) is 51.4 Å². The van der Waals surface area contributed by atoms with Crippen LogP contribution in [0.4, 0.5) is 13.2 Å². The van der Waals surface area contributed by atoms with Gasteiger partial charge in [0.05, 0.1) is 37.1 Å². The maximum absolute atomic E-state index is 12.6. The lowest BCUT2D eigenvalue weighted by atomic mass is 10.0. The lowest BCUT2D eigenvalue weighted by molar-refractivity contribution is 0.576. The molecule has 25 heteroatoms. The van der Waals surface area contributed by atoms with E-state index in [2.05, 4.69) is 36.4 Å². The summed E-state index contributed by atoms with van der Waals surface area (Å²) in [7, 11) is -9.06. The molecule has 2 atom stereocenters. The molecule has 0 saturated carbocycles. The summed E-state index contributed by atoms with van der Waals surface area (Å²) in [6.45, 7) is 1.30. The molecule has 0 saturated heterocycles. The largest absolute Gasteiger partial charge is 0.252 e. The van der Waals surface area contributed by atoms with Gasteiger partial charge in [0.1, 0.15) is 39.5 Å². The number of para-hydroxylation sites is 3. The highest BCUT2D eigenvalue weighted by molar-refractivity contribution is 8.13. The monoisotopic (exact) mass is 1040 g/mol. The number of halogens is 4. The predicted octanol–water partition coefficient (Wildman–Crippen LogP) is 7.59. The van der Waals surface area contributed by atoms with E-state index in [1.54, 1.807) is 48.5 Å². The topological polar surface area (TPSA) is 280 Å². The number of benzene rings is 5. The molecule has 364 valence electrons. The fourth-order valence-corrected chi connectivity index (χ4v) is 7.01. The zero-order chi connectivity index (χ0) is 49.9. The van der Waals surface area contributed by atoms with Gasteiger partial charge in [-0.25, -0.2) is 46.8 Å². The van der Waals surface area contributed by atoms with E-state index in [1.165, 1.54) is 43.3 Å². The number of nitrogens with one attached hydrogen (secondary N) is 1. The molecule has 5 aromatic carbocycles. The molecular formula is C43H47ClF3N9O8S4. The van der Waals surface area contributed by atoms with E-state index < -0.39 is 60.4 Å². The summed E-state index contributed by atoms with van der Waals surface area (Å²) in [6.07, 6.45) is 4.33. The predicted molar refractivity (Wildman–Crippen MR) is 255 cm³/mol. The molecule has 0 aliphatic carbocycles. The summed E-state index contributed by atoms with van der Waals surface area (Å²) in [4.78, 5) is 0. The summed E-state index contributed by atoms with van der Waals surface area (Å²) < 4.78 is 123. The van der Waals surface area contributed by atoms with Crippen molar-refractivity contribution in [2.45, 2.75) is 38.2 Å². The van der Waals surface area contributed by atoms with Gasteiger partial charge in [0.15, 0.2) is 29.7 Å². The van der Waals surface area contributed by atoms with Gasteiger partial charge in [-0.3, -0.25) is 0 Å². The highest BCUT2D eigenvalue weighted by atomic mass is 35.7. The minimum absolute atomic E-state index is 0. The minimum Gasteiger partial charge on any atom is -0.227 e. The number of rotatable bonds is 6. The van der Waals surface area contributed by atoms with E-state index >= 15 is 0 Å². The molecule has 1 N–H and O–H groups in total. The quantitative estimate of drug-likeness (QED) is 0.157. The molecule has 0 fully saturated rings. The highest BCUT2D eigenvalue weighted by Crippen LogP contribution is 2.28. The molecular weight excluding hydrogens is 991 g/mol. The van der Waals surface area contributed by atoms with Crippen LogP contribution in [0.15, 0.2) is 121 Å². The summed E-state index contributed by atoms with van der Waals surface area (Å²) in [6, 6.07) is 35.7. The molecule has 68 heavy (non-hydrogen) atoms. The van der Waals surface area contributed by atoms with Crippen LogP contribution >= 0.6 is 10.7 Å².